The van der Waals surface area contributed by atoms with Crippen LogP contribution in [0.1, 0.15) is 18.9 Å². The molecule has 1 heterocycles. The van der Waals surface area contributed by atoms with Crippen LogP contribution in [0.4, 0.5) is 0 Å². The Bertz CT molecular complexity index is 1120. The first-order valence-electron chi connectivity index (χ1n) is 9.18. The fourth-order valence-corrected chi connectivity index (χ4v) is 3.68. The van der Waals surface area contributed by atoms with Crippen LogP contribution in [0.25, 0.3) is 21.8 Å². The average molecular weight is 434 g/mol. The number of hydrazone groups is 1. The second kappa shape index (κ2) is 7.98. The average Bonchev–Trinajstić information content (AvgIpc) is 3.05. The highest BCUT2D eigenvalue weighted by atomic mass is 79.9. The van der Waals surface area contributed by atoms with Crippen molar-refractivity contribution < 1.29 is 4.79 Å². The lowest BCUT2D eigenvalue weighted by Gasteiger charge is -2.07. The van der Waals surface area contributed by atoms with Gasteiger partial charge in [0, 0.05) is 39.2 Å². The number of nitrogens with one attached hydrogen (secondary N) is 1. The van der Waals surface area contributed by atoms with Crippen molar-refractivity contribution in [3.8, 4) is 0 Å². The third-order valence-electron chi connectivity index (χ3n) is 4.85. The zero-order valence-electron chi connectivity index (χ0n) is 15.5. The maximum atomic E-state index is 12.4. The normalized spacial score (nSPS) is 11.9. The van der Waals surface area contributed by atoms with E-state index >= 15 is 0 Å². The van der Waals surface area contributed by atoms with Gasteiger partial charge in [-0.15, -0.1) is 0 Å². The molecular formula is C23H20BrN3O. The Labute approximate surface area is 172 Å². The third-order valence-corrected chi connectivity index (χ3v) is 5.38. The standard InChI is InChI=1S/C23H20BrN3O/c1-16(17-10-12-18(24)13-11-17)25-26-23(28)14-15-27-21-8-4-2-6-19(21)20-7-3-5-9-22(20)27/h2-13H,14-15H2,1H3,(H,26,28)/b25-16+. The van der Waals surface area contributed by atoms with Crippen molar-refractivity contribution in [3.05, 3.63) is 82.8 Å². The minimum Gasteiger partial charge on any atom is -0.340 e. The van der Waals surface area contributed by atoms with Crippen LogP contribution in [0, 0.1) is 0 Å². The van der Waals surface area contributed by atoms with Gasteiger partial charge in [-0.1, -0.05) is 64.5 Å². The summed E-state index contributed by atoms with van der Waals surface area (Å²) in [5, 5.41) is 6.66. The Morgan fingerprint density at radius 3 is 2.11 bits per heavy atom. The molecular weight excluding hydrogens is 414 g/mol. The summed E-state index contributed by atoms with van der Waals surface area (Å²) in [5.74, 6) is -0.0988. The first kappa shape index (κ1) is 18.4. The summed E-state index contributed by atoms with van der Waals surface area (Å²) >= 11 is 3.42. The molecule has 0 atom stereocenters. The number of hydrogen-bond acceptors (Lipinski definition) is 2. The number of carbonyl (C=O) groups is 1. The SMILES string of the molecule is C/C(=N\NC(=O)CCn1c2ccccc2c2ccccc21)c1ccc(Br)cc1. The van der Waals surface area contributed by atoms with Gasteiger partial charge in [-0.25, -0.2) is 5.43 Å². The van der Waals surface area contributed by atoms with Gasteiger partial charge in [-0.3, -0.25) is 4.79 Å². The van der Waals surface area contributed by atoms with Crippen LogP contribution >= 0.6 is 15.9 Å². The van der Waals surface area contributed by atoms with E-state index in [1.54, 1.807) is 0 Å². The number of benzene rings is 3. The minimum absolute atomic E-state index is 0.0988. The number of nitrogens with zero attached hydrogens (tertiary/aromatic N) is 2. The second-order valence-electron chi connectivity index (χ2n) is 6.68. The van der Waals surface area contributed by atoms with Gasteiger partial charge in [0.15, 0.2) is 0 Å². The molecule has 1 amide bonds. The van der Waals surface area contributed by atoms with Crippen LogP contribution in [-0.4, -0.2) is 16.2 Å². The molecule has 0 unspecified atom stereocenters. The molecule has 0 aliphatic carbocycles. The van der Waals surface area contributed by atoms with Crippen LogP contribution < -0.4 is 5.43 Å². The number of aryl methyl sites for hydroxylation is 1. The number of halogens is 1. The van der Waals surface area contributed by atoms with Crippen LogP contribution in [-0.2, 0) is 11.3 Å². The third kappa shape index (κ3) is 3.71. The molecule has 0 aliphatic heterocycles. The monoisotopic (exact) mass is 433 g/mol. The van der Waals surface area contributed by atoms with Gasteiger partial charge in [0.05, 0.1) is 5.71 Å². The minimum atomic E-state index is -0.0988. The van der Waals surface area contributed by atoms with Gasteiger partial charge in [-0.2, -0.15) is 5.10 Å². The molecule has 4 aromatic rings. The summed E-state index contributed by atoms with van der Waals surface area (Å²) in [6.45, 7) is 2.49. The van der Waals surface area contributed by atoms with E-state index in [0.29, 0.717) is 13.0 Å². The molecule has 4 rings (SSSR count). The highest BCUT2D eigenvalue weighted by Gasteiger charge is 2.11. The summed E-state index contributed by atoms with van der Waals surface area (Å²) in [6, 6.07) is 24.5. The van der Waals surface area contributed by atoms with E-state index in [0.717, 1.165) is 26.8 Å². The van der Waals surface area contributed by atoms with E-state index in [1.807, 2.05) is 55.5 Å². The molecule has 0 saturated heterocycles. The van der Waals surface area contributed by atoms with Crippen molar-refractivity contribution in [1.82, 2.24) is 9.99 Å². The molecule has 3 aromatic carbocycles. The lowest BCUT2D eigenvalue weighted by Crippen LogP contribution is -2.20. The zero-order chi connectivity index (χ0) is 19.5. The Morgan fingerprint density at radius 1 is 0.929 bits per heavy atom. The first-order chi connectivity index (χ1) is 13.6. The maximum Gasteiger partial charge on any atom is 0.241 e. The van der Waals surface area contributed by atoms with Crippen molar-refractivity contribution in [1.29, 1.82) is 0 Å². The Hall–Kier alpha value is -2.92. The summed E-state index contributed by atoms with van der Waals surface area (Å²) in [4.78, 5) is 12.4. The van der Waals surface area contributed by atoms with Crippen molar-refractivity contribution in [3.63, 3.8) is 0 Å². The van der Waals surface area contributed by atoms with Gasteiger partial charge >= 0.3 is 0 Å². The predicted molar refractivity (Wildman–Crippen MR) is 119 cm³/mol. The van der Waals surface area contributed by atoms with Crippen molar-refractivity contribution in [2.75, 3.05) is 0 Å². The van der Waals surface area contributed by atoms with Crippen molar-refractivity contribution >= 4 is 49.4 Å². The summed E-state index contributed by atoms with van der Waals surface area (Å²) in [5.41, 5.74) is 6.72. The summed E-state index contributed by atoms with van der Waals surface area (Å²) in [6.07, 6.45) is 0.361. The highest BCUT2D eigenvalue weighted by molar-refractivity contribution is 9.10. The summed E-state index contributed by atoms with van der Waals surface area (Å²) in [7, 11) is 0. The molecule has 0 fully saturated rings. The quantitative estimate of drug-likeness (QED) is 0.328. The van der Waals surface area contributed by atoms with E-state index in [-0.39, 0.29) is 5.91 Å². The smallest absolute Gasteiger partial charge is 0.241 e. The fraction of sp³-hybridized carbons (Fsp3) is 0.130. The lowest BCUT2D eigenvalue weighted by molar-refractivity contribution is -0.121. The van der Waals surface area contributed by atoms with Gasteiger partial charge in [0.25, 0.3) is 0 Å². The van der Waals surface area contributed by atoms with Gasteiger partial charge in [0.1, 0.15) is 0 Å². The van der Waals surface area contributed by atoms with Gasteiger partial charge in [0.2, 0.25) is 5.91 Å². The zero-order valence-corrected chi connectivity index (χ0v) is 17.1. The van der Waals surface area contributed by atoms with Crippen LogP contribution in [0.5, 0.6) is 0 Å². The molecule has 0 saturated carbocycles. The number of aromatic nitrogens is 1. The maximum absolute atomic E-state index is 12.4. The number of carbonyl (C=O) groups excluding carboxylic acids is 1. The van der Waals surface area contributed by atoms with E-state index in [9.17, 15) is 4.79 Å². The molecule has 0 radical (unpaired) electrons. The Kier molecular flexibility index (Phi) is 5.26. The number of para-hydroxylation sites is 2. The topological polar surface area (TPSA) is 46.4 Å². The number of hydrogen-bond donors (Lipinski definition) is 1. The Morgan fingerprint density at radius 2 is 1.50 bits per heavy atom. The van der Waals surface area contributed by atoms with Crippen LogP contribution in [0.3, 0.4) is 0 Å². The van der Waals surface area contributed by atoms with Gasteiger partial charge in [-0.05, 0) is 36.8 Å². The summed E-state index contributed by atoms with van der Waals surface area (Å²) < 4.78 is 3.22. The molecule has 28 heavy (non-hydrogen) atoms. The first-order valence-corrected chi connectivity index (χ1v) is 9.98. The fourth-order valence-electron chi connectivity index (χ4n) is 3.42. The van der Waals surface area contributed by atoms with E-state index in [1.165, 1.54) is 10.8 Å². The number of amides is 1. The van der Waals surface area contributed by atoms with Crippen LogP contribution in [0.15, 0.2) is 82.4 Å². The molecule has 0 spiro atoms. The molecule has 1 aromatic heterocycles. The molecule has 140 valence electrons. The molecule has 4 nitrogen and oxygen atoms in total. The van der Waals surface area contributed by atoms with Crippen molar-refractivity contribution in [2.24, 2.45) is 5.10 Å². The predicted octanol–water partition coefficient (Wildman–Crippen LogP) is 5.49. The van der Waals surface area contributed by atoms with Crippen molar-refractivity contribution in [2.45, 2.75) is 19.9 Å². The van der Waals surface area contributed by atoms with E-state index < -0.39 is 0 Å². The van der Waals surface area contributed by atoms with E-state index in [2.05, 4.69) is 55.3 Å². The number of fused-ring (bicyclic) bond motifs is 3. The molecule has 0 aliphatic rings. The second-order valence-corrected chi connectivity index (χ2v) is 7.59. The van der Waals surface area contributed by atoms with E-state index in [4.69, 9.17) is 0 Å². The number of rotatable bonds is 5. The molecule has 1 N–H and O–H groups in total. The van der Waals surface area contributed by atoms with Crippen LogP contribution in [0.2, 0.25) is 0 Å². The molecule has 0 bridgehead atoms. The molecule has 5 heteroatoms. The largest absolute Gasteiger partial charge is 0.340 e. The lowest BCUT2D eigenvalue weighted by atomic mass is 10.1. The Balaban J connectivity index is 1.49. The highest BCUT2D eigenvalue weighted by Crippen LogP contribution is 2.28. The van der Waals surface area contributed by atoms with Gasteiger partial charge < -0.3 is 4.57 Å².